The maximum Gasteiger partial charge on any atom is 0.260 e. The van der Waals surface area contributed by atoms with Crippen molar-refractivity contribution < 1.29 is 24.2 Å². The molecule has 0 saturated heterocycles. The maximum atomic E-state index is 13.5. The molecule has 0 fully saturated rings. The highest BCUT2D eigenvalue weighted by Crippen LogP contribution is 2.40. The number of unbranched alkanes of at least 4 members (excludes halogenated alkanes) is 2. The second-order valence-electron chi connectivity index (χ2n) is 13.1. The second-order valence-corrected chi connectivity index (χ2v) is 13.1. The fourth-order valence-corrected chi connectivity index (χ4v) is 6.85. The van der Waals surface area contributed by atoms with Crippen LogP contribution in [0, 0.1) is 13.8 Å². The highest BCUT2D eigenvalue weighted by molar-refractivity contribution is 6.04. The van der Waals surface area contributed by atoms with Crippen LogP contribution in [0.1, 0.15) is 91.6 Å². The van der Waals surface area contributed by atoms with Crippen LogP contribution >= 0.6 is 0 Å². The largest absolute Gasteiger partial charge is 0.493 e. The van der Waals surface area contributed by atoms with Gasteiger partial charge in [-0.2, -0.15) is 0 Å². The predicted octanol–water partition coefficient (Wildman–Crippen LogP) is 6.43. The van der Waals surface area contributed by atoms with Gasteiger partial charge >= 0.3 is 0 Å². The van der Waals surface area contributed by atoms with Gasteiger partial charge in [-0.1, -0.05) is 11.1 Å². The van der Waals surface area contributed by atoms with Crippen molar-refractivity contribution in [3.05, 3.63) is 70.1 Å². The first-order valence-electron chi connectivity index (χ1n) is 16.1. The van der Waals surface area contributed by atoms with E-state index < -0.39 is 6.23 Å². The van der Waals surface area contributed by atoms with Crippen molar-refractivity contribution in [2.75, 3.05) is 18.1 Å². The summed E-state index contributed by atoms with van der Waals surface area (Å²) >= 11 is 0. The maximum absolute atomic E-state index is 13.5. The number of ether oxygens (including phenoxy) is 2. The molecule has 2 aromatic carbocycles. The molecular formula is C36H44N4O5. The molecule has 238 valence electrons. The smallest absolute Gasteiger partial charge is 0.260 e. The molecule has 0 aromatic heterocycles. The Hall–Kier alpha value is -4.11. The Morgan fingerprint density at radius 2 is 1.42 bits per heavy atom. The number of aliphatic hydroxyl groups is 1. The van der Waals surface area contributed by atoms with Crippen molar-refractivity contribution >= 4 is 29.4 Å². The fourth-order valence-electron chi connectivity index (χ4n) is 6.85. The molecule has 9 heteroatoms. The summed E-state index contributed by atoms with van der Waals surface area (Å²) in [5.74, 6) is 1.38. The average Bonchev–Trinajstić information content (AvgIpc) is 3.53. The number of aryl methyl sites for hydroxylation is 2. The summed E-state index contributed by atoms with van der Waals surface area (Å²) in [6, 6.07) is 7.26. The number of aliphatic imine (C=N–C) groups is 1. The Morgan fingerprint density at radius 1 is 0.822 bits per heavy atom. The summed E-state index contributed by atoms with van der Waals surface area (Å²) in [7, 11) is 0. The van der Waals surface area contributed by atoms with Crippen molar-refractivity contribution in [3.8, 4) is 11.5 Å². The third-order valence-corrected chi connectivity index (χ3v) is 9.17. The van der Waals surface area contributed by atoms with E-state index in [1.54, 1.807) is 9.80 Å². The molecule has 45 heavy (non-hydrogen) atoms. The Morgan fingerprint density at radius 3 is 2.11 bits per heavy atom. The third-order valence-electron chi connectivity index (χ3n) is 9.17. The SMILES string of the molecule is CC1=CN2C(=O)c3cc(C)c(OCCCCCOc4cc5c(cc4C)C(=O)N4C=C(C)C[C@H]4C(O)N5C(C)C)cc3N=C[C@@H]2C1. The number of amides is 2. The van der Waals surface area contributed by atoms with Crippen molar-refractivity contribution in [1.82, 2.24) is 9.80 Å². The number of benzene rings is 2. The topological polar surface area (TPSA) is 94.9 Å². The van der Waals surface area contributed by atoms with Crippen LogP contribution in [0.5, 0.6) is 11.5 Å². The Labute approximate surface area is 265 Å². The molecule has 4 aliphatic heterocycles. The van der Waals surface area contributed by atoms with Crippen LogP contribution in [0.4, 0.5) is 11.4 Å². The monoisotopic (exact) mass is 612 g/mol. The lowest BCUT2D eigenvalue weighted by Gasteiger charge is -2.37. The van der Waals surface area contributed by atoms with Gasteiger partial charge in [-0.25, -0.2) is 0 Å². The van der Waals surface area contributed by atoms with Crippen LogP contribution in [-0.4, -0.2) is 70.5 Å². The molecule has 0 saturated carbocycles. The second kappa shape index (κ2) is 12.4. The lowest BCUT2D eigenvalue weighted by atomic mass is 10.0. The van der Waals surface area contributed by atoms with E-state index in [2.05, 4.69) is 4.99 Å². The van der Waals surface area contributed by atoms with Crippen LogP contribution in [-0.2, 0) is 0 Å². The van der Waals surface area contributed by atoms with Crippen molar-refractivity contribution in [2.45, 2.75) is 98.0 Å². The van der Waals surface area contributed by atoms with Gasteiger partial charge in [0.15, 0.2) is 0 Å². The van der Waals surface area contributed by atoms with Gasteiger partial charge in [0.1, 0.15) is 17.7 Å². The molecule has 1 unspecified atom stereocenters. The molecule has 0 aliphatic carbocycles. The van der Waals surface area contributed by atoms with Gasteiger partial charge in [0, 0.05) is 36.8 Å². The molecule has 6 rings (SSSR count). The molecule has 4 heterocycles. The van der Waals surface area contributed by atoms with Gasteiger partial charge in [-0.15, -0.1) is 0 Å². The molecule has 0 bridgehead atoms. The number of carbonyl (C=O) groups is 2. The summed E-state index contributed by atoms with van der Waals surface area (Å²) in [4.78, 5) is 36.7. The molecule has 2 aromatic rings. The van der Waals surface area contributed by atoms with Gasteiger partial charge in [-0.05, 0) is 96.9 Å². The lowest BCUT2D eigenvalue weighted by Crippen LogP contribution is -2.50. The molecule has 4 aliphatic rings. The number of hydrogen-bond acceptors (Lipinski definition) is 7. The number of anilines is 1. The third kappa shape index (κ3) is 5.86. The van der Waals surface area contributed by atoms with Crippen molar-refractivity contribution in [2.24, 2.45) is 4.99 Å². The van der Waals surface area contributed by atoms with Crippen molar-refractivity contribution in [1.29, 1.82) is 0 Å². The van der Waals surface area contributed by atoms with Crippen LogP contribution in [0.2, 0.25) is 0 Å². The highest BCUT2D eigenvalue weighted by atomic mass is 16.5. The molecule has 3 atom stereocenters. The zero-order valence-electron chi connectivity index (χ0n) is 27.2. The predicted molar refractivity (Wildman–Crippen MR) is 176 cm³/mol. The van der Waals surface area contributed by atoms with E-state index in [1.165, 1.54) is 5.57 Å². The number of aliphatic hydroxyl groups excluding tert-OH is 1. The summed E-state index contributed by atoms with van der Waals surface area (Å²) < 4.78 is 12.3. The Balaban J connectivity index is 1.04. The zero-order valence-corrected chi connectivity index (χ0v) is 27.2. The number of nitrogens with zero attached hydrogens (tertiary/aromatic N) is 4. The van der Waals surface area contributed by atoms with Gasteiger partial charge in [-0.3, -0.25) is 14.6 Å². The average molecular weight is 613 g/mol. The van der Waals surface area contributed by atoms with Crippen molar-refractivity contribution in [3.63, 3.8) is 0 Å². The first-order chi connectivity index (χ1) is 21.5. The van der Waals surface area contributed by atoms with E-state index in [0.29, 0.717) is 42.1 Å². The molecule has 2 amide bonds. The minimum absolute atomic E-state index is 0.00249. The number of rotatable bonds is 9. The summed E-state index contributed by atoms with van der Waals surface area (Å²) in [6.45, 7) is 13.1. The van der Waals surface area contributed by atoms with Gasteiger partial charge in [0.25, 0.3) is 11.8 Å². The highest BCUT2D eigenvalue weighted by Gasteiger charge is 2.42. The number of hydrogen-bond donors (Lipinski definition) is 1. The Kier molecular flexibility index (Phi) is 8.48. The Bertz CT molecular complexity index is 1610. The number of carbonyl (C=O) groups excluding carboxylic acids is 2. The number of fused-ring (bicyclic) bond motifs is 4. The standard InChI is InChI=1S/C36H44N4O5/c1-21(2)40-30-17-33(25(6)15-28(30)35(42)39-20-23(4)13-31(39)36(40)43)45-11-9-7-8-10-44-32-16-29-27(14-24(32)5)34(41)38-19-22(3)12-26(38)18-37-29/h14-21,26,31,36,43H,7-13H2,1-6H3/t26-,31-,36?/m0/s1. The van der Waals surface area contributed by atoms with E-state index >= 15 is 0 Å². The molecule has 1 N–H and O–H groups in total. The van der Waals surface area contributed by atoms with E-state index in [4.69, 9.17) is 9.47 Å². The first kappa shape index (κ1) is 30.9. The fraction of sp³-hybridized carbons (Fsp3) is 0.472. The normalized spacial score (nSPS) is 22.0. The quantitative estimate of drug-likeness (QED) is 0.328. The minimum atomic E-state index is -0.811. The first-order valence-corrected chi connectivity index (χ1v) is 16.1. The van der Waals surface area contributed by atoms with Gasteiger partial charge < -0.3 is 29.3 Å². The van der Waals surface area contributed by atoms with Crippen LogP contribution < -0.4 is 14.4 Å². The molecular weight excluding hydrogens is 568 g/mol. The van der Waals surface area contributed by atoms with Gasteiger partial charge in [0.05, 0.1) is 47.8 Å². The summed E-state index contributed by atoms with van der Waals surface area (Å²) in [6.07, 6.45) is 8.96. The van der Waals surface area contributed by atoms with E-state index in [0.717, 1.165) is 53.9 Å². The van der Waals surface area contributed by atoms with Crippen LogP contribution in [0.25, 0.3) is 0 Å². The van der Waals surface area contributed by atoms with E-state index in [-0.39, 0.29) is 29.9 Å². The minimum Gasteiger partial charge on any atom is -0.493 e. The molecule has 9 nitrogen and oxygen atoms in total. The zero-order chi connectivity index (χ0) is 32.0. The lowest BCUT2D eigenvalue weighted by molar-refractivity contribution is 0.0560. The van der Waals surface area contributed by atoms with E-state index in [9.17, 15) is 14.7 Å². The molecule has 0 spiro atoms. The summed E-state index contributed by atoms with van der Waals surface area (Å²) in [5, 5.41) is 11.4. The van der Waals surface area contributed by atoms with E-state index in [1.807, 2.05) is 89.3 Å². The van der Waals surface area contributed by atoms with Crippen LogP contribution in [0.15, 0.2) is 52.8 Å². The summed E-state index contributed by atoms with van der Waals surface area (Å²) in [5.41, 5.74) is 6.66. The van der Waals surface area contributed by atoms with Crippen LogP contribution in [0.3, 0.4) is 0 Å². The molecule has 0 radical (unpaired) electrons. The van der Waals surface area contributed by atoms with Gasteiger partial charge in [0.2, 0.25) is 0 Å².